The molecule has 0 aromatic heterocycles. The van der Waals surface area contributed by atoms with Crippen molar-refractivity contribution in [2.45, 2.75) is 13.8 Å². The summed E-state index contributed by atoms with van der Waals surface area (Å²) in [5.74, 6) is 0.800. The molecule has 0 saturated carbocycles. The van der Waals surface area contributed by atoms with Crippen LogP contribution in [-0.2, 0) is 0 Å². The van der Waals surface area contributed by atoms with Crippen molar-refractivity contribution in [3.8, 4) is 11.8 Å². The van der Waals surface area contributed by atoms with Gasteiger partial charge in [0.2, 0.25) is 0 Å². The van der Waals surface area contributed by atoms with E-state index in [1.165, 1.54) is 0 Å². The van der Waals surface area contributed by atoms with Crippen LogP contribution in [0.15, 0.2) is 24.3 Å². The molecule has 0 heterocycles. The number of hydrogen-bond donors (Lipinski definition) is 0. The Kier molecular flexibility index (Phi) is 3.78. The van der Waals surface area contributed by atoms with Gasteiger partial charge in [0.15, 0.2) is 0 Å². The van der Waals surface area contributed by atoms with E-state index in [1.54, 1.807) is 0 Å². The summed E-state index contributed by atoms with van der Waals surface area (Å²) in [6, 6.07) is 10.0. The van der Waals surface area contributed by atoms with Crippen molar-refractivity contribution < 1.29 is 4.74 Å². The fourth-order valence-corrected chi connectivity index (χ4v) is 1.15. The quantitative estimate of drug-likeness (QED) is 0.779. The van der Waals surface area contributed by atoms with Crippen LogP contribution < -0.4 is 9.64 Å². The molecular weight excluding hydrogens is 200 g/mol. The van der Waals surface area contributed by atoms with Crippen LogP contribution in [0.25, 0.3) is 0 Å². The first-order chi connectivity index (χ1) is 7.44. The molecule has 1 aromatic carbocycles. The summed E-state index contributed by atoms with van der Waals surface area (Å²) in [5.41, 5.74) is 0.640. The van der Waals surface area contributed by atoms with Crippen molar-refractivity contribution >= 4 is 5.69 Å². The number of anilines is 1. The highest BCUT2D eigenvalue weighted by Crippen LogP contribution is 2.22. The maximum Gasteiger partial charge on any atom is 0.121 e. The van der Waals surface area contributed by atoms with Crippen LogP contribution in [0, 0.1) is 16.7 Å². The first-order valence-corrected chi connectivity index (χ1v) is 5.26. The van der Waals surface area contributed by atoms with Crippen LogP contribution in [0.3, 0.4) is 0 Å². The third-order valence-electron chi connectivity index (χ3n) is 2.24. The molecule has 3 nitrogen and oxygen atoms in total. The van der Waals surface area contributed by atoms with Gasteiger partial charge >= 0.3 is 0 Å². The molecular formula is C13H18N2O. The Morgan fingerprint density at radius 2 is 2.06 bits per heavy atom. The van der Waals surface area contributed by atoms with E-state index in [9.17, 15) is 0 Å². The lowest BCUT2D eigenvalue weighted by Gasteiger charge is -2.18. The third kappa shape index (κ3) is 3.47. The highest BCUT2D eigenvalue weighted by atomic mass is 16.5. The second-order valence-corrected chi connectivity index (χ2v) is 4.68. The maximum absolute atomic E-state index is 8.88. The number of nitrogens with zero attached hydrogens (tertiary/aromatic N) is 2. The molecule has 1 rings (SSSR count). The lowest BCUT2D eigenvalue weighted by molar-refractivity contribution is 0.227. The highest BCUT2D eigenvalue weighted by molar-refractivity contribution is 5.49. The van der Waals surface area contributed by atoms with Gasteiger partial charge in [0.1, 0.15) is 12.4 Å². The van der Waals surface area contributed by atoms with Crippen molar-refractivity contribution in [2.24, 2.45) is 5.41 Å². The molecule has 0 aliphatic carbocycles. The molecule has 0 fully saturated rings. The van der Waals surface area contributed by atoms with Gasteiger partial charge in [0.25, 0.3) is 0 Å². The van der Waals surface area contributed by atoms with E-state index in [-0.39, 0.29) is 0 Å². The minimum atomic E-state index is -0.450. The van der Waals surface area contributed by atoms with Crippen molar-refractivity contribution in [1.29, 1.82) is 5.26 Å². The Hall–Kier alpha value is -1.69. The lowest BCUT2D eigenvalue weighted by atomic mass is 9.98. The Bertz CT molecular complexity index is 391. The minimum absolute atomic E-state index is 0.403. The first kappa shape index (κ1) is 12.4. The van der Waals surface area contributed by atoms with E-state index < -0.39 is 5.41 Å². The van der Waals surface area contributed by atoms with Crippen molar-refractivity contribution in [3.05, 3.63) is 24.3 Å². The SMILES string of the molecule is CN(C)c1cccc(OCC(C)(C)C#N)c1. The minimum Gasteiger partial charge on any atom is -0.492 e. The molecule has 0 radical (unpaired) electrons. The van der Waals surface area contributed by atoms with Crippen LogP contribution in [0.2, 0.25) is 0 Å². The van der Waals surface area contributed by atoms with Crippen molar-refractivity contribution in [3.63, 3.8) is 0 Å². The van der Waals surface area contributed by atoms with E-state index in [0.717, 1.165) is 11.4 Å². The standard InChI is InChI=1S/C13H18N2O/c1-13(2,9-14)10-16-12-7-5-6-11(8-12)15(3)4/h5-8H,10H2,1-4H3. The number of hydrogen-bond acceptors (Lipinski definition) is 3. The zero-order valence-corrected chi connectivity index (χ0v) is 10.3. The van der Waals surface area contributed by atoms with E-state index >= 15 is 0 Å². The summed E-state index contributed by atoms with van der Waals surface area (Å²) < 4.78 is 5.60. The number of ether oxygens (including phenoxy) is 1. The van der Waals surface area contributed by atoms with Gasteiger partial charge in [0, 0.05) is 25.8 Å². The molecule has 0 unspecified atom stereocenters. The predicted octanol–water partition coefficient (Wildman–Crippen LogP) is 2.68. The van der Waals surface area contributed by atoms with Gasteiger partial charge in [-0.2, -0.15) is 5.26 Å². The number of rotatable bonds is 4. The van der Waals surface area contributed by atoms with Crippen LogP contribution in [0.1, 0.15) is 13.8 Å². The maximum atomic E-state index is 8.88. The summed E-state index contributed by atoms with van der Waals surface area (Å²) in [6.45, 7) is 4.13. The average molecular weight is 218 g/mol. The molecule has 0 saturated heterocycles. The molecule has 0 aliphatic rings. The Morgan fingerprint density at radius 3 is 2.62 bits per heavy atom. The van der Waals surface area contributed by atoms with Crippen LogP contribution in [-0.4, -0.2) is 20.7 Å². The number of benzene rings is 1. The van der Waals surface area contributed by atoms with Gasteiger partial charge in [-0.3, -0.25) is 0 Å². The molecule has 0 atom stereocenters. The summed E-state index contributed by atoms with van der Waals surface area (Å²) >= 11 is 0. The molecule has 1 aromatic rings. The highest BCUT2D eigenvalue weighted by Gasteiger charge is 2.17. The number of nitriles is 1. The second kappa shape index (κ2) is 4.89. The van der Waals surface area contributed by atoms with E-state index in [0.29, 0.717) is 6.61 Å². The second-order valence-electron chi connectivity index (χ2n) is 4.68. The van der Waals surface area contributed by atoms with Crippen LogP contribution >= 0.6 is 0 Å². The lowest BCUT2D eigenvalue weighted by Crippen LogP contribution is -2.19. The van der Waals surface area contributed by atoms with E-state index in [4.69, 9.17) is 10.00 Å². The molecule has 0 amide bonds. The normalized spacial score (nSPS) is 10.7. The molecule has 0 spiro atoms. The van der Waals surface area contributed by atoms with Gasteiger partial charge in [-0.1, -0.05) is 6.07 Å². The zero-order chi connectivity index (χ0) is 12.2. The van der Waals surface area contributed by atoms with Crippen LogP contribution in [0.4, 0.5) is 5.69 Å². The predicted molar refractivity (Wildman–Crippen MR) is 65.7 cm³/mol. The van der Waals surface area contributed by atoms with Crippen molar-refractivity contribution in [1.82, 2.24) is 0 Å². The van der Waals surface area contributed by atoms with E-state index in [1.807, 2.05) is 57.1 Å². The van der Waals surface area contributed by atoms with Crippen LogP contribution in [0.5, 0.6) is 5.75 Å². The van der Waals surface area contributed by atoms with Gasteiger partial charge in [-0.25, -0.2) is 0 Å². The van der Waals surface area contributed by atoms with Gasteiger partial charge in [-0.15, -0.1) is 0 Å². The zero-order valence-electron chi connectivity index (χ0n) is 10.3. The monoisotopic (exact) mass is 218 g/mol. The largest absolute Gasteiger partial charge is 0.492 e. The average Bonchev–Trinajstić information content (AvgIpc) is 2.27. The summed E-state index contributed by atoms with van der Waals surface area (Å²) in [5, 5.41) is 8.88. The Labute approximate surface area is 97.3 Å². The van der Waals surface area contributed by atoms with Gasteiger partial charge in [0.05, 0.1) is 11.5 Å². The topological polar surface area (TPSA) is 36.3 Å². The fraction of sp³-hybridized carbons (Fsp3) is 0.462. The molecule has 3 heteroatoms. The van der Waals surface area contributed by atoms with Crippen molar-refractivity contribution in [2.75, 3.05) is 25.6 Å². The molecule has 16 heavy (non-hydrogen) atoms. The molecule has 0 bridgehead atoms. The van der Waals surface area contributed by atoms with E-state index in [2.05, 4.69) is 6.07 Å². The first-order valence-electron chi connectivity index (χ1n) is 5.26. The third-order valence-corrected chi connectivity index (χ3v) is 2.24. The Balaban J connectivity index is 2.69. The fourth-order valence-electron chi connectivity index (χ4n) is 1.15. The molecule has 0 N–H and O–H groups in total. The van der Waals surface area contributed by atoms with Gasteiger partial charge in [-0.05, 0) is 26.0 Å². The summed E-state index contributed by atoms with van der Waals surface area (Å²) in [4.78, 5) is 2.02. The summed E-state index contributed by atoms with van der Waals surface area (Å²) in [6.07, 6.45) is 0. The smallest absolute Gasteiger partial charge is 0.121 e. The Morgan fingerprint density at radius 1 is 1.38 bits per heavy atom. The van der Waals surface area contributed by atoms with Gasteiger partial charge < -0.3 is 9.64 Å². The molecule has 0 aliphatic heterocycles. The summed E-state index contributed by atoms with van der Waals surface area (Å²) in [7, 11) is 3.97. The molecule has 86 valence electrons.